The Kier molecular flexibility index (Phi) is 6.59. The summed E-state index contributed by atoms with van der Waals surface area (Å²) in [6, 6.07) is 10.9. The summed E-state index contributed by atoms with van der Waals surface area (Å²) in [6.07, 6.45) is 2.01. The molecule has 0 N–H and O–H groups in total. The Hall–Kier alpha value is -1.38. The molecule has 0 saturated heterocycles. The van der Waals surface area contributed by atoms with E-state index in [4.69, 9.17) is 13.0 Å². The van der Waals surface area contributed by atoms with Crippen molar-refractivity contribution in [2.24, 2.45) is 0 Å². The molecule has 21 heavy (non-hydrogen) atoms. The molecular weight excluding hydrogens is 307 g/mol. The molecule has 0 fully saturated rings. The lowest BCUT2D eigenvalue weighted by atomic mass is 10.1. The zero-order valence-electron chi connectivity index (χ0n) is 12.0. The summed E-state index contributed by atoms with van der Waals surface area (Å²) >= 11 is 0. The zero-order chi connectivity index (χ0) is 16.9. The van der Waals surface area contributed by atoms with Gasteiger partial charge in [-0.25, -0.2) is 8.42 Å². The molecule has 0 aliphatic heterocycles. The zero-order valence-corrected chi connectivity index (χ0v) is 12.8. The molecule has 0 aliphatic carbocycles. The first-order chi connectivity index (χ1) is 9.30. The van der Waals surface area contributed by atoms with Crippen LogP contribution < -0.4 is 0 Å². The smallest absolute Gasteiger partial charge is 0.485 e. The van der Waals surface area contributed by atoms with Gasteiger partial charge in [0.2, 0.25) is 0 Å². The lowest BCUT2D eigenvalue weighted by molar-refractivity contribution is -0.895. The van der Waals surface area contributed by atoms with Crippen LogP contribution in [-0.2, 0) is 10.1 Å². The standard InChI is InChI=1S/C12H18N.CHF3O3S/c1-5-12(13(2,3)4)11-9-7-6-8-10-11;2-1(3,4)8(5,6)7/h5-10,12H,1H2,2-4H3;(H,5,6,7)/q+1;/p-1. The number of rotatable bonds is 3. The Labute approximate surface area is 122 Å². The number of nitrogens with zero attached hydrogens (tertiary/aromatic N) is 1. The van der Waals surface area contributed by atoms with Crippen molar-refractivity contribution in [1.29, 1.82) is 0 Å². The summed E-state index contributed by atoms with van der Waals surface area (Å²) in [7, 11) is 0.449. The van der Waals surface area contributed by atoms with Gasteiger partial charge in [0.25, 0.3) is 0 Å². The predicted molar refractivity (Wildman–Crippen MR) is 73.2 cm³/mol. The monoisotopic (exact) mass is 325 g/mol. The topological polar surface area (TPSA) is 57.2 Å². The summed E-state index contributed by atoms with van der Waals surface area (Å²) in [5, 5.41) is 0. The second-order valence-electron chi connectivity index (χ2n) is 5.11. The van der Waals surface area contributed by atoms with Crippen molar-refractivity contribution in [3.8, 4) is 0 Å². The fraction of sp³-hybridized carbons (Fsp3) is 0.385. The lowest BCUT2D eigenvalue weighted by Gasteiger charge is -2.32. The number of alkyl halides is 3. The number of quaternary nitrogens is 1. The quantitative estimate of drug-likeness (QED) is 0.371. The molecule has 0 heterocycles. The normalized spacial score (nSPS) is 13.9. The molecule has 1 rings (SSSR count). The summed E-state index contributed by atoms with van der Waals surface area (Å²) in [5.41, 5.74) is -4.32. The van der Waals surface area contributed by atoms with Crippen LogP contribution in [0.5, 0.6) is 0 Å². The first-order valence-corrected chi connectivity index (χ1v) is 7.22. The van der Waals surface area contributed by atoms with Gasteiger partial charge >= 0.3 is 5.51 Å². The van der Waals surface area contributed by atoms with Gasteiger partial charge in [0.1, 0.15) is 6.04 Å². The highest BCUT2D eigenvalue weighted by Crippen LogP contribution is 2.23. The average molecular weight is 325 g/mol. The summed E-state index contributed by atoms with van der Waals surface area (Å²) in [5.74, 6) is 0. The molecule has 4 nitrogen and oxygen atoms in total. The number of hydrogen-bond acceptors (Lipinski definition) is 3. The van der Waals surface area contributed by atoms with Gasteiger partial charge in [-0.2, -0.15) is 13.2 Å². The van der Waals surface area contributed by atoms with Crippen LogP contribution >= 0.6 is 0 Å². The second-order valence-corrected chi connectivity index (χ2v) is 6.48. The molecular formula is C13H18F3NO3S. The van der Waals surface area contributed by atoms with Crippen molar-refractivity contribution < 1.29 is 30.6 Å². The molecule has 120 valence electrons. The van der Waals surface area contributed by atoms with E-state index in [0.29, 0.717) is 6.04 Å². The van der Waals surface area contributed by atoms with E-state index in [1.165, 1.54) is 5.56 Å². The van der Waals surface area contributed by atoms with Crippen LogP contribution in [0.15, 0.2) is 43.0 Å². The molecule has 0 amide bonds. The largest absolute Gasteiger partial charge is 0.741 e. The van der Waals surface area contributed by atoms with Crippen molar-refractivity contribution in [1.82, 2.24) is 0 Å². The SMILES string of the molecule is C=CC(c1ccccc1)[N+](C)(C)C.O=S(=O)([O-])C(F)(F)F. The fourth-order valence-electron chi connectivity index (χ4n) is 1.55. The van der Waals surface area contributed by atoms with Crippen molar-refractivity contribution in [3.05, 3.63) is 48.6 Å². The van der Waals surface area contributed by atoms with E-state index in [0.717, 1.165) is 4.48 Å². The summed E-state index contributed by atoms with van der Waals surface area (Å²) < 4.78 is 59.8. The molecule has 8 heteroatoms. The third-order valence-corrected chi connectivity index (χ3v) is 3.05. The molecule has 1 unspecified atom stereocenters. The second kappa shape index (κ2) is 7.06. The Balaban J connectivity index is 0.000000433. The maximum Gasteiger partial charge on any atom is 0.485 e. The number of hydrogen-bond donors (Lipinski definition) is 0. The fourth-order valence-corrected chi connectivity index (χ4v) is 1.55. The van der Waals surface area contributed by atoms with Gasteiger partial charge in [0.15, 0.2) is 10.1 Å². The molecule has 0 bridgehead atoms. The highest BCUT2D eigenvalue weighted by Gasteiger charge is 2.36. The van der Waals surface area contributed by atoms with E-state index >= 15 is 0 Å². The Bertz CT molecular complexity index is 548. The van der Waals surface area contributed by atoms with Gasteiger partial charge in [0.05, 0.1) is 21.1 Å². The Morgan fingerprint density at radius 2 is 1.57 bits per heavy atom. The highest BCUT2D eigenvalue weighted by molar-refractivity contribution is 7.86. The van der Waals surface area contributed by atoms with Gasteiger partial charge in [-0.15, -0.1) is 0 Å². The van der Waals surface area contributed by atoms with Crippen molar-refractivity contribution in [2.75, 3.05) is 21.1 Å². The molecule has 0 aliphatic rings. The Morgan fingerprint density at radius 3 is 1.81 bits per heavy atom. The van der Waals surface area contributed by atoms with E-state index < -0.39 is 15.6 Å². The first kappa shape index (κ1) is 19.6. The number of likely N-dealkylation sites (N-methyl/N-ethyl adjacent to an activating group) is 1. The third-order valence-electron chi connectivity index (χ3n) is 2.48. The van der Waals surface area contributed by atoms with E-state index in [2.05, 4.69) is 52.0 Å². The van der Waals surface area contributed by atoms with Gasteiger partial charge in [-0.3, -0.25) is 0 Å². The van der Waals surface area contributed by atoms with E-state index in [1.54, 1.807) is 0 Å². The highest BCUT2D eigenvalue weighted by atomic mass is 32.2. The minimum Gasteiger partial charge on any atom is -0.741 e. The van der Waals surface area contributed by atoms with E-state index in [-0.39, 0.29) is 0 Å². The minimum atomic E-state index is -6.09. The van der Waals surface area contributed by atoms with Crippen LogP contribution in [0.2, 0.25) is 0 Å². The molecule has 0 saturated carbocycles. The number of halogens is 3. The average Bonchev–Trinajstić information content (AvgIpc) is 2.27. The van der Waals surface area contributed by atoms with Crippen LogP contribution in [0, 0.1) is 0 Å². The van der Waals surface area contributed by atoms with E-state index in [1.807, 2.05) is 12.1 Å². The number of benzene rings is 1. The first-order valence-electron chi connectivity index (χ1n) is 5.81. The third kappa shape index (κ3) is 6.74. The van der Waals surface area contributed by atoms with Crippen LogP contribution in [0.4, 0.5) is 13.2 Å². The van der Waals surface area contributed by atoms with Gasteiger partial charge < -0.3 is 9.04 Å². The van der Waals surface area contributed by atoms with Gasteiger partial charge in [-0.05, 0) is 6.08 Å². The van der Waals surface area contributed by atoms with E-state index in [9.17, 15) is 13.2 Å². The molecule has 1 aromatic rings. The molecule has 0 aromatic heterocycles. The van der Waals surface area contributed by atoms with Gasteiger partial charge in [0, 0.05) is 5.56 Å². The predicted octanol–water partition coefficient (Wildman–Crippen LogP) is 2.67. The summed E-state index contributed by atoms with van der Waals surface area (Å²) in [4.78, 5) is 0. The molecule has 0 radical (unpaired) electrons. The lowest BCUT2D eigenvalue weighted by Crippen LogP contribution is -2.37. The van der Waals surface area contributed by atoms with Crippen molar-refractivity contribution >= 4 is 10.1 Å². The van der Waals surface area contributed by atoms with Crippen LogP contribution in [0.3, 0.4) is 0 Å². The van der Waals surface area contributed by atoms with Crippen LogP contribution in [-0.4, -0.2) is 44.1 Å². The maximum absolute atomic E-state index is 10.7. The molecule has 0 spiro atoms. The maximum atomic E-state index is 10.7. The van der Waals surface area contributed by atoms with Crippen LogP contribution in [0.1, 0.15) is 11.6 Å². The van der Waals surface area contributed by atoms with Gasteiger partial charge in [-0.1, -0.05) is 36.9 Å². The molecule has 1 aromatic carbocycles. The van der Waals surface area contributed by atoms with Crippen LogP contribution in [0.25, 0.3) is 0 Å². The van der Waals surface area contributed by atoms with Crippen molar-refractivity contribution in [2.45, 2.75) is 11.6 Å². The summed E-state index contributed by atoms with van der Waals surface area (Å²) in [6.45, 7) is 3.89. The van der Waals surface area contributed by atoms with Crippen molar-refractivity contribution in [3.63, 3.8) is 0 Å². The Morgan fingerprint density at radius 1 is 1.19 bits per heavy atom. The molecule has 1 atom stereocenters. The minimum absolute atomic E-state index is 0.376.